The summed E-state index contributed by atoms with van der Waals surface area (Å²) in [5.41, 5.74) is 2.20. The molecular formula is C20H23ClN2O2. The molecule has 0 aliphatic heterocycles. The predicted octanol–water partition coefficient (Wildman–Crippen LogP) is 4.44. The average Bonchev–Trinajstić information content (AvgIpc) is 2.61. The van der Waals surface area contributed by atoms with Gasteiger partial charge in [0.15, 0.2) is 0 Å². The second-order valence-corrected chi connectivity index (χ2v) is 6.41. The average molecular weight is 359 g/mol. The maximum atomic E-state index is 12.1. The summed E-state index contributed by atoms with van der Waals surface area (Å²) in [6, 6.07) is 14.5. The van der Waals surface area contributed by atoms with Gasteiger partial charge in [0, 0.05) is 28.7 Å². The van der Waals surface area contributed by atoms with Gasteiger partial charge < -0.3 is 10.6 Å². The van der Waals surface area contributed by atoms with Crippen LogP contribution in [0.15, 0.2) is 48.5 Å². The molecule has 132 valence electrons. The summed E-state index contributed by atoms with van der Waals surface area (Å²) in [7, 11) is 0. The van der Waals surface area contributed by atoms with Gasteiger partial charge in [0.25, 0.3) is 5.91 Å². The van der Waals surface area contributed by atoms with Crippen LogP contribution >= 0.6 is 11.6 Å². The summed E-state index contributed by atoms with van der Waals surface area (Å²) >= 11 is 6.09. The van der Waals surface area contributed by atoms with Gasteiger partial charge in [-0.2, -0.15) is 0 Å². The molecule has 0 aliphatic carbocycles. The van der Waals surface area contributed by atoms with Crippen LogP contribution in [-0.4, -0.2) is 17.9 Å². The third-order valence-corrected chi connectivity index (χ3v) is 4.37. The Bertz CT molecular complexity index is 729. The first-order chi connectivity index (χ1) is 12.0. The van der Waals surface area contributed by atoms with E-state index in [1.807, 2.05) is 38.1 Å². The number of aryl methyl sites for hydroxylation is 1. The molecule has 0 heterocycles. The largest absolute Gasteiger partial charge is 0.350 e. The molecule has 0 fully saturated rings. The van der Waals surface area contributed by atoms with E-state index in [1.165, 1.54) is 0 Å². The van der Waals surface area contributed by atoms with E-state index in [1.54, 1.807) is 24.3 Å². The number of halogens is 1. The van der Waals surface area contributed by atoms with Crippen molar-refractivity contribution >= 4 is 29.1 Å². The molecule has 1 unspecified atom stereocenters. The fourth-order valence-electron chi connectivity index (χ4n) is 2.29. The van der Waals surface area contributed by atoms with Gasteiger partial charge in [-0.15, -0.1) is 0 Å². The maximum Gasteiger partial charge on any atom is 0.251 e. The van der Waals surface area contributed by atoms with Gasteiger partial charge in [-0.05, 0) is 55.7 Å². The van der Waals surface area contributed by atoms with Crippen LogP contribution in [0.2, 0.25) is 5.02 Å². The van der Waals surface area contributed by atoms with Gasteiger partial charge in [0.1, 0.15) is 0 Å². The second kappa shape index (κ2) is 9.23. The Kier molecular flexibility index (Phi) is 7.02. The Morgan fingerprint density at radius 2 is 1.76 bits per heavy atom. The SMILES string of the molecule is CCC(C)NC(=O)c1ccc(NC(=O)CCc2ccccc2Cl)cc1. The molecule has 0 saturated heterocycles. The summed E-state index contributed by atoms with van der Waals surface area (Å²) in [6.07, 6.45) is 1.81. The Labute approximate surface area is 153 Å². The fourth-order valence-corrected chi connectivity index (χ4v) is 2.52. The van der Waals surface area contributed by atoms with Gasteiger partial charge in [0.05, 0.1) is 0 Å². The lowest BCUT2D eigenvalue weighted by Crippen LogP contribution is -2.31. The van der Waals surface area contributed by atoms with Crippen molar-refractivity contribution in [3.63, 3.8) is 0 Å². The summed E-state index contributed by atoms with van der Waals surface area (Å²) in [5, 5.41) is 6.42. The number of hydrogen-bond acceptors (Lipinski definition) is 2. The Morgan fingerprint density at radius 3 is 2.40 bits per heavy atom. The van der Waals surface area contributed by atoms with E-state index in [2.05, 4.69) is 10.6 Å². The summed E-state index contributed by atoms with van der Waals surface area (Å²) in [6.45, 7) is 3.98. The van der Waals surface area contributed by atoms with E-state index in [0.29, 0.717) is 29.1 Å². The van der Waals surface area contributed by atoms with Crippen LogP contribution in [0.25, 0.3) is 0 Å². The first-order valence-electron chi connectivity index (χ1n) is 8.43. The highest BCUT2D eigenvalue weighted by Gasteiger charge is 2.09. The molecule has 0 bridgehead atoms. The number of anilines is 1. The zero-order valence-electron chi connectivity index (χ0n) is 14.5. The van der Waals surface area contributed by atoms with E-state index < -0.39 is 0 Å². The van der Waals surface area contributed by atoms with Crippen LogP contribution in [0, 0.1) is 0 Å². The van der Waals surface area contributed by atoms with Crippen LogP contribution in [0.1, 0.15) is 42.6 Å². The number of rotatable bonds is 7. The highest BCUT2D eigenvalue weighted by Crippen LogP contribution is 2.17. The summed E-state index contributed by atoms with van der Waals surface area (Å²) < 4.78 is 0. The van der Waals surface area contributed by atoms with Gasteiger partial charge in [-0.3, -0.25) is 9.59 Å². The van der Waals surface area contributed by atoms with Gasteiger partial charge in [0.2, 0.25) is 5.91 Å². The minimum atomic E-state index is -0.106. The van der Waals surface area contributed by atoms with Crippen molar-refractivity contribution in [1.82, 2.24) is 5.32 Å². The molecule has 2 aromatic rings. The topological polar surface area (TPSA) is 58.2 Å². The highest BCUT2D eigenvalue weighted by atomic mass is 35.5. The predicted molar refractivity (Wildman–Crippen MR) is 102 cm³/mol. The van der Waals surface area contributed by atoms with Crippen molar-refractivity contribution in [2.24, 2.45) is 0 Å². The number of carbonyl (C=O) groups excluding carboxylic acids is 2. The summed E-state index contributed by atoms with van der Waals surface area (Å²) in [5.74, 6) is -0.192. The molecule has 25 heavy (non-hydrogen) atoms. The molecular weight excluding hydrogens is 336 g/mol. The number of hydrogen-bond donors (Lipinski definition) is 2. The van der Waals surface area contributed by atoms with E-state index in [0.717, 1.165) is 12.0 Å². The van der Waals surface area contributed by atoms with Crippen LogP contribution in [-0.2, 0) is 11.2 Å². The third-order valence-electron chi connectivity index (χ3n) is 4.00. The summed E-state index contributed by atoms with van der Waals surface area (Å²) in [4.78, 5) is 24.1. The normalized spacial score (nSPS) is 11.6. The first-order valence-corrected chi connectivity index (χ1v) is 8.81. The van der Waals surface area contributed by atoms with Crippen molar-refractivity contribution in [1.29, 1.82) is 0 Å². The third kappa shape index (κ3) is 5.91. The Balaban J connectivity index is 1.87. The lowest BCUT2D eigenvalue weighted by molar-refractivity contribution is -0.116. The zero-order chi connectivity index (χ0) is 18.2. The molecule has 0 spiro atoms. The van der Waals surface area contributed by atoms with Gasteiger partial charge in [-0.1, -0.05) is 36.7 Å². The van der Waals surface area contributed by atoms with Crippen LogP contribution < -0.4 is 10.6 Å². The quantitative estimate of drug-likeness (QED) is 0.768. The maximum absolute atomic E-state index is 12.1. The van der Waals surface area contributed by atoms with E-state index in [-0.39, 0.29) is 17.9 Å². The monoisotopic (exact) mass is 358 g/mol. The first kappa shape index (κ1) is 19.0. The number of nitrogens with one attached hydrogen (secondary N) is 2. The molecule has 0 saturated carbocycles. The van der Waals surface area contributed by atoms with Crippen molar-refractivity contribution in [2.45, 2.75) is 39.2 Å². The molecule has 5 heteroatoms. The zero-order valence-corrected chi connectivity index (χ0v) is 15.3. The molecule has 2 rings (SSSR count). The second-order valence-electron chi connectivity index (χ2n) is 6.00. The van der Waals surface area contributed by atoms with Gasteiger partial charge >= 0.3 is 0 Å². The standard InChI is InChI=1S/C20H23ClN2O2/c1-3-14(2)22-20(25)16-8-11-17(12-9-16)23-19(24)13-10-15-6-4-5-7-18(15)21/h4-9,11-12,14H,3,10,13H2,1-2H3,(H,22,25)(H,23,24). The van der Waals surface area contributed by atoms with Crippen LogP contribution in [0.4, 0.5) is 5.69 Å². The molecule has 0 aliphatic rings. The number of carbonyl (C=O) groups is 2. The van der Waals surface area contributed by atoms with E-state index in [9.17, 15) is 9.59 Å². The molecule has 1 atom stereocenters. The molecule has 2 amide bonds. The van der Waals surface area contributed by atoms with E-state index >= 15 is 0 Å². The number of amides is 2. The van der Waals surface area contributed by atoms with Crippen molar-refractivity contribution in [3.05, 3.63) is 64.7 Å². The highest BCUT2D eigenvalue weighted by molar-refractivity contribution is 6.31. The molecule has 2 N–H and O–H groups in total. The van der Waals surface area contributed by atoms with Crippen LogP contribution in [0.5, 0.6) is 0 Å². The minimum absolute atomic E-state index is 0.0864. The Morgan fingerprint density at radius 1 is 1.08 bits per heavy atom. The lowest BCUT2D eigenvalue weighted by atomic mass is 10.1. The van der Waals surface area contributed by atoms with E-state index in [4.69, 9.17) is 11.6 Å². The van der Waals surface area contributed by atoms with Crippen molar-refractivity contribution in [2.75, 3.05) is 5.32 Å². The molecule has 0 radical (unpaired) electrons. The lowest BCUT2D eigenvalue weighted by Gasteiger charge is -2.12. The smallest absolute Gasteiger partial charge is 0.251 e. The van der Waals surface area contributed by atoms with Crippen molar-refractivity contribution in [3.8, 4) is 0 Å². The fraction of sp³-hybridized carbons (Fsp3) is 0.300. The molecule has 0 aromatic heterocycles. The molecule has 2 aromatic carbocycles. The Hall–Kier alpha value is -2.33. The van der Waals surface area contributed by atoms with Gasteiger partial charge in [-0.25, -0.2) is 0 Å². The van der Waals surface area contributed by atoms with Crippen LogP contribution in [0.3, 0.4) is 0 Å². The molecule has 4 nitrogen and oxygen atoms in total. The van der Waals surface area contributed by atoms with Crippen molar-refractivity contribution < 1.29 is 9.59 Å². The number of benzene rings is 2. The minimum Gasteiger partial charge on any atom is -0.350 e.